The molecule has 1 N–H and O–H groups in total. The number of hydrogen-bond acceptors (Lipinski definition) is 6. The minimum absolute atomic E-state index is 0.164. The Balaban J connectivity index is 2.68. The fraction of sp³-hybridized carbons (Fsp3) is 0.700. The molecule has 1 rings (SSSR count). The van der Waals surface area contributed by atoms with Gasteiger partial charge in [-0.05, 0) is 38.0 Å². The number of amides is 5. The zero-order valence-corrected chi connectivity index (χ0v) is 25.7. The number of rotatable bonds is 18. The van der Waals surface area contributed by atoms with E-state index >= 15 is 0 Å². The Morgan fingerprint density at radius 3 is 2.10 bits per heavy atom. The summed E-state index contributed by atoms with van der Waals surface area (Å²) in [5, 5.41) is 2.75. The van der Waals surface area contributed by atoms with E-state index in [0.717, 1.165) is 12.0 Å². The highest BCUT2D eigenvalue weighted by molar-refractivity contribution is 6.12. The van der Waals surface area contributed by atoms with Gasteiger partial charge in [0.05, 0.1) is 18.7 Å². The lowest BCUT2D eigenvalue weighted by atomic mass is 9.90. The summed E-state index contributed by atoms with van der Waals surface area (Å²) in [6.45, 7) is 13.9. The Labute approximate surface area is 240 Å². The van der Waals surface area contributed by atoms with Crippen molar-refractivity contribution in [3.63, 3.8) is 0 Å². The lowest BCUT2D eigenvalue weighted by Crippen LogP contribution is -2.54. The van der Waals surface area contributed by atoms with Crippen LogP contribution in [0, 0.1) is 11.8 Å². The van der Waals surface area contributed by atoms with Gasteiger partial charge in [0, 0.05) is 46.3 Å². The topological polar surface area (TPSA) is 116 Å². The molecule has 0 spiro atoms. The first-order chi connectivity index (χ1) is 18.8. The van der Waals surface area contributed by atoms with Crippen LogP contribution >= 0.6 is 0 Å². The third-order valence-electron chi connectivity index (χ3n) is 7.60. The van der Waals surface area contributed by atoms with Crippen LogP contribution in [0.4, 0.5) is 0 Å². The van der Waals surface area contributed by atoms with Gasteiger partial charge < -0.3 is 19.9 Å². The minimum atomic E-state index is -0.725. The van der Waals surface area contributed by atoms with Crippen LogP contribution in [0.2, 0.25) is 0 Å². The van der Waals surface area contributed by atoms with Gasteiger partial charge in [-0.2, -0.15) is 0 Å². The predicted octanol–water partition coefficient (Wildman–Crippen LogP) is 2.93. The zero-order valence-electron chi connectivity index (χ0n) is 25.7. The molecule has 5 amide bonds. The molecule has 0 saturated carbocycles. The number of nitrogens with zero attached hydrogens (tertiary/aromatic N) is 3. The average molecular weight is 563 g/mol. The van der Waals surface area contributed by atoms with Gasteiger partial charge in [0.15, 0.2) is 0 Å². The van der Waals surface area contributed by atoms with Gasteiger partial charge in [-0.15, -0.1) is 6.58 Å². The molecule has 1 aliphatic rings. The lowest BCUT2D eigenvalue weighted by molar-refractivity contribution is -0.142. The summed E-state index contributed by atoms with van der Waals surface area (Å²) in [5.41, 5.74) is 0.968. The number of likely N-dealkylation sites (N-methyl/N-ethyl adjacent to an activating group) is 2. The average Bonchev–Trinajstić information content (AvgIpc) is 3.22. The van der Waals surface area contributed by atoms with Crippen molar-refractivity contribution in [2.24, 2.45) is 11.8 Å². The first kappa shape index (κ1) is 35.0. The van der Waals surface area contributed by atoms with Crippen LogP contribution in [0.1, 0.15) is 73.1 Å². The summed E-state index contributed by atoms with van der Waals surface area (Å²) in [6, 6.07) is -0.906. The summed E-state index contributed by atoms with van der Waals surface area (Å²) in [7, 11) is 4.97. The summed E-state index contributed by atoms with van der Waals surface area (Å²) < 4.78 is 5.73. The van der Waals surface area contributed by atoms with Crippen molar-refractivity contribution in [2.75, 3.05) is 34.3 Å². The Kier molecular flexibility index (Phi) is 14.8. The number of methoxy groups -OCH3 is 1. The molecular weight excluding hydrogens is 512 g/mol. The van der Waals surface area contributed by atoms with E-state index in [2.05, 4.69) is 25.7 Å². The molecule has 0 fully saturated rings. The number of ether oxygens (including phenoxy) is 1. The van der Waals surface area contributed by atoms with E-state index in [9.17, 15) is 24.0 Å². The molecule has 0 aliphatic carbocycles. The molecule has 1 aliphatic heterocycles. The molecule has 1 unspecified atom stereocenters. The summed E-state index contributed by atoms with van der Waals surface area (Å²) in [4.78, 5) is 66.7. The van der Waals surface area contributed by atoms with Crippen LogP contribution in [-0.2, 0) is 28.7 Å². The molecule has 10 nitrogen and oxygen atoms in total. The van der Waals surface area contributed by atoms with Crippen molar-refractivity contribution < 1.29 is 28.7 Å². The van der Waals surface area contributed by atoms with E-state index in [1.807, 2.05) is 20.8 Å². The highest BCUT2D eigenvalue weighted by Gasteiger charge is 2.34. The first-order valence-electron chi connectivity index (χ1n) is 14.3. The number of unbranched alkanes of at least 4 members (excludes halogenated alkanes) is 2. The van der Waals surface area contributed by atoms with Gasteiger partial charge in [-0.1, -0.05) is 46.1 Å². The fourth-order valence-electron chi connectivity index (χ4n) is 5.12. The smallest absolute Gasteiger partial charge is 0.253 e. The molecule has 0 bridgehead atoms. The van der Waals surface area contributed by atoms with Crippen molar-refractivity contribution in [1.29, 1.82) is 0 Å². The third kappa shape index (κ3) is 10.2. The fourth-order valence-corrected chi connectivity index (χ4v) is 5.12. The zero-order chi connectivity index (χ0) is 30.6. The molecule has 0 aromatic carbocycles. The lowest BCUT2D eigenvalue weighted by Gasteiger charge is -2.38. The van der Waals surface area contributed by atoms with Crippen molar-refractivity contribution in [3.8, 4) is 0 Å². The van der Waals surface area contributed by atoms with Gasteiger partial charge in [0.1, 0.15) is 6.04 Å². The summed E-state index contributed by atoms with van der Waals surface area (Å²) >= 11 is 0. The molecule has 226 valence electrons. The maximum atomic E-state index is 13.2. The summed E-state index contributed by atoms with van der Waals surface area (Å²) in [5.74, 6) is -1.39. The van der Waals surface area contributed by atoms with E-state index in [4.69, 9.17) is 4.74 Å². The molecular formula is C30H50N4O6. The standard InChI is InChI=1S/C30H50N4O6/c1-10-22(6)29(23(40-9)18-20(2)3)33(8)27(38)19-31-30(39)28(21(4)5)32(7)24(35)14-12-11-13-17-34-25(36)15-16-26(34)37/h15-16,21-23,28-29H,2,10-14,17-19H2,1,3-9H3,(H,31,39)/t22-,23+,28?,29-/m0/s1. The van der Waals surface area contributed by atoms with E-state index in [-0.39, 0.29) is 66.5 Å². The quantitative estimate of drug-likeness (QED) is 0.156. The molecule has 10 heteroatoms. The number of hydrogen-bond donors (Lipinski definition) is 1. The first-order valence-corrected chi connectivity index (χ1v) is 14.3. The SMILES string of the molecule is C=C(C)C[C@@H](OC)[C@H]([C@@H](C)CC)N(C)C(=O)CNC(=O)C(C(C)C)N(C)C(=O)CCCCCN1C(=O)C=CC1=O. The van der Waals surface area contributed by atoms with Gasteiger partial charge in [-0.25, -0.2) is 0 Å². The minimum Gasteiger partial charge on any atom is -0.379 e. The third-order valence-corrected chi connectivity index (χ3v) is 7.60. The van der Waals surface area contributed by atoms with Gasteiger partial charge in [-0.3, -0.25) is 28.9 Å². The van der Waals surface area contributed by atoms with Crippen LogP contribution in [0.25, 0.3) is 0 Å². The molecule has 1 heterocycles. The second kappa shape index (κ2) is 16.9. The van der Waals surface area contributed by atoms with Crippen LogP contribution in [0.3, 0.4) is 0 Å². The van der Waals surface area contributed by atoms with Crippen LogP contribution < -0.4 is 5.32 Å². The van der Waals surface area contributed by atoms with Crippen LogP contribution in [0.15, 0.2) is 24.3 Å². The highest BCUT2D eigenvalue weighted by Crippen LogP contribution is 2.23. The Morgan fingerprint density at radius 1 is 1.00 bits per heavy atom. The normalized spacial score (nSPS) is 16.1. The Hall–Kier alpha value is -3.01. The van der Waals surface area contributed by atoms with Crippen molar-refractivity contribution in [1.82, 2.24) is 20.0 Å². The number of imide groups is 1. The maximum absolute atomic E-state index is 13.2. The monoisotopic (exact) mass is 562 g/mol. The van der Waals surface area contributed by atoms with E-state index in [1.165, 1.54) is 22.0 Å². The second-order valence-electron chi connectivity index (χ2n) is 11.2. The molecule has 4 atom stereocenters. The molecule has 40 heavy (non-hydrogen) atoms. The highest BCUT2D eigenvalue weighted by atomic mass is 16.5. The second-order valence-corrected chi connectivity index (χ2v) is 11.2. The molecule has 0 aromatic heterocycles. The number of nitrogens with one attached hydrogen (secondary N) is 1. The number of carbonyl (C=O) groups excluding carboxylic acids is 5. The molecule has 0 saturated heterocycles. The van der Waals surface area contributed by atoms with Crippen molar-refractivity contribution >= 4 is 29.5 Å². The summed E-state index contributed by atoms with van der Waals surface area (Å²) in [6.07, 6.45) is 5.88. The molecule has 0 aromatic rings. The number of carbonyl (C=O) groups is 5. The van der Waals surface area contributed by atoms with E-state index in [1.54, 1.807) is 26.1 Å². The van der Waals surface area contributed by atoms with Crippen molar-refractivity contribution in [2.45, 2.75) is 91.3 Å². The largest absolute Gasteiger partial charge is 0.379 e. The molecule has 0 radical (unpaired) electrons. The Bertz CT molecular complexity index is 928. The predicted molar refractivity (Wildman–Crippen MR) is 155 cm³/mol. The van der Waals surface area contributed by atoms with E-state index in [0.29, 0.717) is 32.2 Å². The van der Waals surface area contributed by atoms with Gasteiger partial charge in [0.2, 0.25) is 17.7 Å². The van der Waals surface area contributed by atoms with Gasteiger partial charge >= 0.3 is 0 Å². The van der Waals surface area contributed by atoms with Crippen LogP contribution in [0.5, 0.6) is 0 Å². The van der Waals surface area contributed by atoms with Gasteiger partial charge in [0.25, 0.3) is 11.8 Å². The maximum Gasteiger partial charge on any atom is 0.253 e. The van der Waals surface area contributed by atoms with Crippen molar-refractivity contribution in [3.05, 3.63) is 24.3 Å². The van der Waals surface area contributed by atoms with Crippen LogP contribution in [-0.4, -0.2) is 96.7 Å². The Morgan fingerprint density at radius 2 is 1.60 bits per heavy atom. The van der Waals surface area contributed by atoms with E-state index < -0.39 is 6.04 Å².